The maximum absolute atomic E-state index is 5.63. The Morgan fingerprint density at radius 1 is 1.36 bits per heavy atom. The molecule has 0 spiro atoms. The minimum atomic E-state index is 0.210. The van der Waals surface area contributed by atoms with Crippen LogP contribution in [0.4, 0.5) is 11.5 Å². The molecule has 4 N–H and O–H groups in total. The van der Waals surface area contributed by atoms with E-state index in [9.17, 15) is 0 Å². The third-order valence-corrected chi connectivity index (χ3v) is 1.93. The van der Waals surface area contributed by atoms with Crippen LogP contribution in [-0.2, 0) is 0 Å². The lowest BCUT2D eigenvalue weighted by atomic mass is 10.5. The second-order valence-electron chi connectivity index (χ2n) is 1.80. The van der Waals surface area contributed by atoms with Crippen molar-refractivity contribution in [1.82, 2.24) is 9.97 Å². The van der Waals surface area contributed by atoms with Crippen LogP contribution < -0.4 is 11.5 Å². The molecule has 60 valence electrons. The molecule has 6 heteroatoms. The van der Waals surface area contributed by atoms with E-state index < -0.39 is 0 Å². The fourth-order valence-electron chi connectivity index (χ4n) is 0.529. The molecule has 1 rings (SSSR count). The van der Waals surface area contributed by atoms with Crippen LogP contribution in [0.1, 0.15) is 0 Å². The summed E-state index contributed by atoms with van der Waals surface area (Å²) < 4.78 is 0. The molecule has 0 saturated carbocycles. The average Bonchev–Trinajstić information content (AvgIpc) is 1.99. The van der Waals surface area contributed by atoms with Gasteiger partial charge in [0, 0.05) is 0 Å². The van der Waals surface area contributed by atoms with E-state index in [1.165, 1.54) is 11.8 Å². The van der Waals surface area contributed by atoms with Crippen LogP contribution >= 0.6 is 23.4 Å². The van der Waals surface area contributed by atoms with E-state index in [2.05, 4.69) is 9.97 Å². The highest BCUT2D eigenvalue weighted by atomic mass is 35.5. The van der Waals surface area contributed by atoms with Crippen molar-refractivity contribution in [2.45, 2.75) is 5.16 Å². The number of hydrogen-bond donors (Lipinski definition) is 2. The number of aromatic nitrogens is 2. The maximum Gasteiger partial charge on any atom is 0.190 e. The molecule has 1 aromatic heterocycles. The van der Waals surface area contributed by atoms with Crippen molar-refractivity contribution in [2.24, 2.45) is 0 Å². The predicted octanol–water partition coefficient (Wildman–Crippen LogP) is 1.02. The number of nitrogen functional groups attached to an aromatic ring is 2. The van der Waals surface area contributed by atoms with Crippen molar-refractivity contribution in [3.05, 3.63) is 5.15 Å². The van der Waals surface area contributed by atoms with E-state index in [-0.39, 0.29) is 16.7 Å². The molecular formula is C5H7ClN4S. The first kappa shape index (κ1) is 8.42. The maximum atomic E-state index is 5.63. The van der Waals surface area contributed by atoms with Gasteiger partial charge in [0.05, 0.1) is 0 Å². The molecule has 0 aliphatic rings. The van der Waals surface area contributed by atoms with Crippen LogP contribution in [-0.4, -0.2) is 16.2 Å². The smallest absolute Gasteiger partial charge is 0.190 e. The summed E-state index contributed by atoms with van der Waals surface area (Å²) in [6.45, 7) is 0. The highest BCUT2D eigenvalue weighted by Crippen LogP contribution is 2.23. The van der Waals surface area contributed by atoms with Gasteiger partial charge in [-0.15, -0.1) is 0 Å². The van der Waals surface area contributed by atoms with Crippen LogP contribution in [0.2, 0.25) is 5.15 Å². The Hall–Kier alpha value is -0.680. The highest BCUT2D eigenvalue weighted by Gasteiger charge is 2.05. The summed E-state index contributed by atoms with van der Waals surface area (Å²) in [6, 6.07) is 0. The molecule has 0 aromatic carbocycles. The van der Waals surface area contributed by atoms with Crippen molar-refractivity contribution in [1.29, 1.82) is 0 Å². The lowest BCUT2D eigenvalue weighted by molar-refractivity contribution is 0.984. The van der Waals surface area contributed by atoms with Crippen molar-refractivity contribution < 1.29 is 0 Å². The SMILES string of the molecule is CSc1nc(N)c(N)c(Cl)n1. The zero-order valence-electron chi connectivity index (χ0n) is 5.84. The number of halogens is 1. The molecule has 1 aromatic rings. The van der Waals surface area contributed by atoms with E-state index in [1.807, 2.05) is 6.26 Å². The minimum Gasteiger partial charge on any atom is -0.393 e. The second kappa shape index (κ2) is 3.15. The molecule has 4 nitrogen and oxygen atoms in total. The molecule has 0 bridgehead atoms. The third-order valence-electron chi connectivity index (χ3n) is 1.09. The lowest BCUT2D eigenvalue weighted by Crippen LogP contribution is -2.01. The monoisotopic (exact) mass is 190 g/mol. The first-order valence-corrected chi connectivity index (χ1v) is 4.38. The van der Waals surface area contributed by atoms with Gasteiger partial charge >= 0.3 is 0 Å². The largest absolute Gasteiger partial charge is 0.393 e. The fraction of sp³-hybridized carbons (Fsp3) is 0.200. The van der Waals surface area contributed by atoms with Gasteiger partial charge in [0.1, 0.15) is 5.69 Å². The van der Waals surface area contributed by atoms with Crippen molar-refractivity contribution >= 4 is 34.9 Å². The van der Waals surface area contributed by atoms with Gasteiger partial charge in [-0.05, 0) is 6.26 Å². The van der Waals surface area contributed by atoms with Crippen LogP contribution in [0.15, 0.2) is 5.16 Å². The van der Waals surface area contributed by atoms with E-state index >= 15 is 0 Å². The van der Waals surface area contributed by atoms with Gasteiger partial charge in [-0.3, -0.25) is 0 Å². The number of rotatable bonds is 1. The molecule has 0 saturated heterocycles. The average molecular weight is 191 g/mol. The van der Waals surface area contributed by atoms with E-state index in [0.29, 0.717) is 5.16 Å². The molecule has 0 unspecified atom stereocenters. The third kappa shape index (κ3) is 1.66. The van der Waals surface area contributed by atoms with Crippen LogP contribution in [0.3, 0.4) is 0 Å². The minimum absolute atomic E-state index is 0.210. The molecule has 11 heavy (non-hydrogen) atoms. The van der Waals surface area contributed by atoms with Crippen LogP contribution in [0.25, 0.3) is 0 Å². The van der Waals surface area contributed by atoms with E-state index in [0.717, 1.165) is 0 Å². The van der Waals surface area contributed by atoms with E-state index in [4.69, 9.17) is 23.1 Å². The molecule has 0 aliphatic heterocycles. The molecule has 0 radical (unpaired) electrons. The second-order valence-corrected chi connectivity index (χ2v) is 2.93. The molecule has 0 atom stereocenters. The Labute approximate surface area is 73.3 Å². The van der Waals surface area contributed by atoms with Crippen molar-refractivity contribution in [3.63, 3.8) is 0 Å². The lowest BCUT2D eigenvalue weighted by Gasteiger charge is -2.01. The van der Waals surface area contributed by atoms with Crippen LogP contribution in [0, 0.1) is 0 Å². The zero-order chi connectivity index (χ0) is 8.43. The van der Waals surface area contributed by atoms with Gasteiger partial charge in [-0.1, -0.05) is 23.4 Å². The number of anilines is 2. The quantitative estimate of drug-likeness (QED) is 0.393. The highest BCUT2D eigenvalue weighted by molar-refractivity contribution is 7.98. The first-order valence-electron chi connectivity index (χ1n) is 2.77. The van der Waals surface area contributed by atoms with Gasteiger partial charge < -0.3 is 11.5 Å². The van der Waals surface area contributed by atoms with Crippen molar-refractivity contribution in [2.75, 3.05) is 17.7 Å². The molecule has 0 fully saturated rings. The normalized spacial score (nSPS) is 10.0. The Bertz CT molecular complexity index is 254. The Kier molecular flexibility index (Phi) is 2.41. The summed E-state index contributed by atoms with van der Waals surface area (Å²) in [5, 5.41) is 0.739. The number of nitrogens with zero attached hydrogens (tertiary/aromatic N) is 2. The van der Waals surface area contributed by atoms with Gasteiger partial charge in [-0.25, -0.2) is 9.97 Å². The number of hydrogen-bond acceptors (Lipinski definition) is 5. The summed E-state index contributed by atoms with van der Waals surface area (Å²) in [5.74, 6) is 0.231. The Balaban J connectivity index is 3.21. The van der Waals surface area contributed by atoms with Gasteiger partial charge in [0.25, 0.3) is 0 Å². The number of nitrogens with two attached hydrogens (primary N) is 2. The van der Waals surface area contributed by atoms with Gasteiger partial charge in [-0.2, -0.15) is 0 Å². The standard InChI is InChI=1S/C5H7ClN4S/c1-11-5-9-3(6)2(7)4(8)10-5/h7H2,1H3,(H2,8,9,10). The summed E-state index contributed by atoms with van der Waals surface area (Å²) >= 11 is 6.99. The summed E-state index contributed by atoms with van der Waals surface area (Å²) in [4.78, 5) is 7.74. The van der Waals surface area contributed by atoms with E-state index in [1.54, 1.807) is 0 Å². The summed E-state index contributed by atoms with van der Waals surface area (Å²) in [7, 11) is 0. The first-order chi connectivity index (χ1) is 5.15. The zero-order valence-corrected chi connectivity index (χ0v) is 7.41. The summed E-state index contributed by atoms with van der Waals surface area (Å²) in [5.41, 5.74) is 11.1. The molecule has 0 aliphatic carbocycles. The predicted molar refractivity (Wildman–Crippen MR) is 47.6 cm³/mol. The fourth-order valence-corrected chi connectivity index (χ4v) is 1.13. The Morgan fingerprint density at radius 3 is 2.45 bits per heavy atom. The molecule has 1 heterocycles. The topological polar surface area (TPSA) is 77.8 Å². The molecule has 0 amide bonds. The molecular weight excluding hydrogens is 184 g/mol. The van der Waals surface area contributed by atoms with Gasteiger partial charge in [0.15, 0.2) is 16.1 Å². The summed E-state index contributed by atoms with van der Waals surface area (Å²) in [6.07, 6.45) is 1.83. The Morgan fingerprint density at radius 2 is 2.00 bits per heavy atom. The van der Waals surface area contributed by atoms with Gasteiger partial charge in [0.2, 0.25) is 0 Å². The van der Waals surface area contributed by atoms with Crippen molar-refractivity contribution in [3.8, 4) is 0 Å². The van der Waals surface area contributed by atoms with Crippen LogP contribution in [0.5, 0.6) is 0 Å². The number of thioether (sulfide) groups is 1.